The molecular formula is C22H19FN2O3. The van der Waals surface area contributed by atoms with E-state index in [1.165, 1.54) is 12.1 Å². The third-order valence-electron chi connectivity index (χ3n) is 3.81. The molecule has 3 aromatic rings. The number of hydrogen-bond acceptors (Lipinski definition) is 4. The monoisotopic (exact) mass is 378 g/mol. The lowest BCUT2D eigenvalue weighted by Crippen LogP contribution is -2.20. The summed E-state index contributed by atoms with van der Waals surface area (Å²) in [7, 11) is 1.58. The van der Waals surface area contributed by atoms with Crippen molar-refractivity contribution in [3.05, 3.63) is 84.2 Å². The van der Waals surface area contributed by atoms with Crippen LogP contribution >= 0.6 is 0 Å². The Bertz CT molecular complexity index is 937. The molecule has 142 valence electrons. The zero-order valence-electron chi connectivity index (χ0n) is 15.3. The Labute approximate surface area is 162 Å². The summed E-state index contributed by atoms with van der Waals surface area (Å²) in [6.07, 6.45) is 1.67. The van der Waals surface area contributed by atoms with Crippen molar-refractivity contribution in [1.82, 2.24) is 0 Å². The number of amides is 1. The minimum absolute atomic E-state index is 0.102. The van der Waals surface area contributed by atoms with E-state index in [0.717, 1.165) is 11.3 Å². The van der Waals surface area contributed by atoms with Crippen LogP contribution in [0.5, 0.6) is 11.5 Å². The molecule has 0 spiro atoms. The van der Waals surface area contributed by atoms with Crippen molar-refractivity contribution in [2.24, 2.45) is 4.99 Å². The van der Waals surface area contributed by atoms with Crippen LogP contribution in [0.1, 0.15) is 5.56 Å². The molecule has 6 heteroatoms. The molecule has 0 atom stereocenters. The predicted molar refractivity (Wildman–Crippen MR) is 107 cm³/mol. The van der Waals surface area contributed by atoms with E-state index in [-0.39, 0.29) is 18.3 Å². The summed E-state index contributed by atoms with van der Waals surface area (Å²) in [5.41, 5.74) is 2.19. The fourth-order valence-electron chi connectivity index (χ4n) is 2.35. The van der Waals surface area contributed by atoms with Gasteiger partial charge in [0.15, 0.2) is 6.61 Å². The number of aliphatic imine (C=N–C) groups is 1. The van der Waals surface area contributed by atoms with E-state index in [4.69, 9.17) is 9.47 Å². The van der Waals surface area contributed by atoms with Crippen LogP contribution in [0, 0.1) is 5.82 Å². The van der Waals surface area contributed by atoms with Crippen LogP contribution in [0.15, 0.2) is 77.8 Å². The number of ether oxygens (including phenoxy) is 2. The summed E-state index contributed by atoms with van der Waals surface area (Å²) in [6.45, 7) is -0.102. The van der Waals surface area contributed by atoms with Crippen LogP contribution in [0.25, 0.3) is 0 Å². The van der Waals surface area contributed by atoms with E-state index >= 15 is 0 Å². The van der Waals surface area contributed by atoms with E-state index in [2.05, 4.69) is 10.3 Å². The Kier molecular flexibility index (Phi) is 6.36. The maximum Gasteiger partial charge on any atom is 0.262 e. The zero-order valence-corrected chi connectivity index (χ0v) is 15.3. The van der Waals surface area contributed by atoms with Crippen LogP contribution in [0.3, 0.4) is 0 Å². The number of rotatable bonds is 7. The molecule has 3 aromatic carbocycles. The van der Waals surface area contributed by atoms with Crippen LogP contribution in [0.2, 0.25) is 0 Å². The summed E-state index contributed by atoms with van der Waals surface area (Å²) in [6, 6.07) is 20.1. The van der Waals surface area contributed by atoms with E-state index in [0.29, 0.717) is 17.1 Å². The van der Waals surface area contributed by atoms with E-state index in [1.54, 1.807) is 61.9 Å². The maximum atomic E-state index is 12.9. The fraction of sp³-hybridized carbons (Fsp3) is 0.0909. The van der Waals surface area contributed by atoms with Gasteiger partial charge < -0.3 is 14.8 Å². The number of carbonyl (C=O) groups is 1. The molecule has 0 aliphatic heterocycles. The molecule has 1 N–H and O–H groups in total. The molecule has 0 heterocycles. The number of carbonyl (C=O) groups excluding carboxylic acids is 1. The van der Waals surface area contributed by atoms with Gasteiger partial charge in [-0.2, -0.15) is 0 Å². The quantitative estimate of drug-likeness (QED) is 0.611. The summed E-state index contributed by atoms with van der Waals surface area (Å²) in [4.78, 5) is 16.3. The summed E-state index contributed by atoms with van der Waals surface area (Å²) in [5, 5.41) is 2.75. The third kappa shape index (κ3) is 5.67. The molecule has 0 aliphatic rings. The Morgan fingerprint density at radius 1 is 0.964 bits per heavy atom. The first-order chi connectivity index (χ1) is 13.6. The van der Waals surface area contributed by atoms with Crippen LogP contribution in [-0.4, -0.2) is 25.8 Å². The molecule has 0 aliphatic carbocycles. The van der Waals surface area contributed by atoms with E-state index in [1.807, 2.05) is 12.1 Å². The highest BCUT2D eigenvalue weighted by Gasteiger charge is 2.04. The average molecular weight is 378 g/mol. The van der Waals surface area contributed by atoms with Crippen molar-refractivity contribution in [1.29, 1.82) is 0 Å². The Morgan fingerprint density at radius 3 is 2.25 bits per heavy atom. The highest BCUT2D eigenvalue weighted by molar-refractivity contribution is 5.92. The van der Waals surface area contributed by atoms with Gasteiger partial charge in [0.05, 0.1) is 12.8 Å². The lowest BCUT2D eigenvalue weighted by molar-refractivity contribution is -0.118. The van der Waals surface area contributed by atoms with Crippen molar-refractivity contribution in [2.75, 3.05) is 19.0 Å². The largest absolute Gasteiger partial charge is 0.497 e. The topological polar surface area (TPSA) is 59.9 Å². The molecule has 5 nitrogen and oxygen atoms in total. The van der Waals surface area contributed by atoms with Gasteiger partial charge in [0.1, 0.15) is 17.3 Å². The predicted octanol–water partition coefficient (Wildman–Crippen LogP) is 4.60. The first-order valence-electron chi connectivity index (χ1n) is 8.59. The number of hydrogen-bond donors (Lipinski definition) is 1. The Hall–Kier alpha value is -3.67. The van der Waals surface area contributed by atoms with Crippen molar-refractivity contribution >= 4 is 23.5 Å². The van der Waals surface area contributed by atoms with Crippen molar-refractivity contribution < 1.29 is 18.7 Å². The van der Waals surface area contributed by atoms with Crippen molar-refractivity contribution in [2.45, 2.75) is 0 Å². The fourth-order valence-corrected chi connectivity index (χ4v) is 2.35. The van der Waals surface area contributed by atoms with Gasteiger partial charge in [0.2, 0.25) is 0 Å². The average Bonchev–Trinajstić information content (AvgIpc) is 2.73. The molecule has 0 aromatic heterocycles. The van der Waals surface area contributed by atoms with Crippen molar-refractivity contribution in [3.8, 4) is 11.5 Å². The summed E-state index contributed by atoms with van der Waals surface area (Å²) in [5.74, 6) is 0.740. The van der Waals surface area contributed by atoms with Gasteiger partial charge in [0.25, 0.3) is 5.91 Å². The molecule has 0 fully saturated rings. The minimum atomic E-state index is -0.295. The third-order valence-corrected chi connectivity index (χ3v) is 3.81. The van der Waals surface area contributed by atoms with Gasteiger partial charge in [-0.1, -0.05) is 0 Å². The molecule has 1 amide bonds. The molecule has 3 rings (SSSR count). The highest BCUT2D eigenvalue weighted by atomic mass is 19.1. The summed E-state index contributed by atoms with van der Waals surface area (Å²) < 4.78 is 23.4. The summed E-state index contributed by atoms with van der Waals surface area (Å²) >= 11 is 0. The molecule has 0 bridgehead atoms. The lowest BCUT2D eigenvalue weighted by Gasteiger charge is -2.08. The SMILES string of the molecule is COc1ccc(NC(=O)COc2ccc(C=Nc3ccc(F)cc3)cc2)cc1. The second-order valence-electron chi connectivity index (χ2n) is 5.87. The van der Waals surface area contributed by atoms with Gasteiger partial charge in [-0.05, 0) is 78.4 Å². The number of methoxy groups -OCH3 is 1. The van der Waals surface area contributed by atoms with Crippen molar-refractivity contribution in [3.63, 3.8) is 0 Å². The highest BCUT2D eigenvalue weighted by Crippen LogP contribution is 2.16. The molecule has 0 radical (unpaired) electrons. The van der Waals surface area contributed by atoms with E-state index in [9.17, 15) is 9.18 Å². The first kappa shape index (κ1) is 19.1. The first-order valence-corrected chi connectivity index (χ1v) is 8.59. The second kappa shape index (κ2) is 9.32. The van der Waals surface area contributed by atoms with Gasteiger partial charge in [0, 0.05) is 11.9 Å². The Balaban J connectivity index is 1.49. The van der Waals surface area contributed by atoms with Gasteiger partial charge in [-0.3, -0.25) is 9.79 Å². The van der Waals surface area contributed by atoms with Crippen LogP contribution < -0.4 is 14.8 Å². The second-order valence-corrected chi connectivity index (χ2v) is 5.87. The number of benzene rings is 3. The zero-order chi connectivity index (χ0) is 19.8. The number of halogens is 1. The molecule has 0 saturated heterocycles. The standard InChI is InChI=1S/C22H19FN2O3/c1-27-20-12-8-19(9-13-20)25-22(26)15-28-21-10-2-16(3-11-21)14-24-18-6-4-17(23)5-7-18/h2-14H,15H2,1H3,(H,25,26). The number of anilines is 1. The van der Waals surface area contributed by atoms with E-state index < -0.39 is 0 Å². The van der Waals surface area contributed by atoms with Crippen LogP contribution in [0.4, 0.5) is 15.8 Å². The lowest BCUT2D eigenvalue weighted by atomic mass is 10.2. The minimum Gasteiger partial charge on any atom is -0.497 e. The molecule has 0 unspecified atom stereocenters. The Morgan fingerprint density at radius 2 is 1.61 bits per heavy atom. The molecule has 0 saturated carbocycles. The maximum absolute atomic E-state index is 12.9. The normalized spacial score (nSPS) is 10.6. The van der Waals surface area contributed by atoms with Gasteiger partial charge >= 0.3 is 0 Å². The smallest absolute Gasteiger partial charge is 0.262 e. The van der Waals surface area contributed by atoms with Crippen LogP contribution in [-0.2, 0) is 4.79 Å². The van der Waals surface area contributed by atoms with Gasteiger partial charge in [-0.25, -0.2) is 4.39 Å². The van der Waals surface area contributed by atoms with Gasteiger partial charge in [-0.15, -0.1) is 0 Å². The number of nitrogens with zero attached hydrogens (tertiary/aromatic N) is 1. The molecule has 28 heavy (non-hydrogen) atoms. The molecular weight excluding hydrogens is 359 g/mol. The number of nitrogens with one attached hydrogen (secondary N) is 1.